The lowest BCUT2D eigenvalue weighted by Gasteiger charge is -2.35. The van der Waals surface area contributed by atoms with Gasteiger partial charge in [-0.2, -0.15) is 18.3 Å². The first-order chi connectivity index (χ1) is 19.6. The van der Waals surface area contributed by atoms with Crippen LogP contribution in [0.4, 0.5) is 29.7 Å². The monoisotopic (exact) mass is 589 g/mol. The molecule has 0 spiro atoms. The topological polar surface area (TPSA) is 155 Å². The number of alkyl halides is 3. The van der Waals surface area contributed by atoms with Crippen molar-refractivity contribution < 1.29 is 27.8 Å². The highest BCUT2D eigenvalue weighted by Gasteiger charge is 2.37. The number of ether oxygens (including phenoxy) is 1. The molecule has 4 heterocycles. The number of nitrogens with one attached hydrogen (secondary N) is 2. The Morgan fingerprint density at radius 1 is 1.10 bits per heavy atom. The number of rotatable bonds is 7. The number of aromatic amines is 1. The summed E-state index contributed by atoms with van der Waals surface area (Å²) in [6, 6.07) is 3.03. The van der Waals surface area contributed by atoms with Gasteiger partial charge in [-0.3, -0.25) is 10.00 Å². The van der Waals surface area contributed by atoms with Gasteiger partial charge in [0.2, 0.25) is 5.95 Å². The maximum absolute atomic E-state index is 13.6. The van der Waals surface area contributed by atoms with Crippen LogP contribution in [0, 0.1) is 0 Å². The minimum absolute atomic E-state index is 0.00776. The average Bonchev–Trinajstić information content (AvgIpc) is 3.39. The van der Waals surface area contributed by atoms with Gasteiger partial charge < -0.3 is 15.2 Å². The summed E-state index contributed by atoms with van der Waals surface area (Å²) in [5.41, 5.74) is -0.290. The van der Waals surface area contributed by atoms with Crippen LogP contribution in [0.2, 0.25) is 5.02 Å². The largest absolute Gasteiger partial charge is 0.467 e. The lowest BCUT2D eigenvalue weighted by molar-refractivity contribution is -0.137. The van der Waals surface area contributed by atoms with Gasteiger partial charge in [-0.25, -0.2) is 29.7 Å². The Bertz CT molecular complexity index is 1530. The van der Waals surface area contributed by atoms with Gasteiger partial charge in [0.25, 0.3) is 0 Å². The second-order valence-electron chi connectivity index (χ2n) is 9.20. The fourth-order valence-electron chi connectivity index (χ4n) is 4.68. The second-order valence-corrected chi connectivity index (χ2v) is 9.61. The molecule has 3 N–H and O–H groups in total. The lowest BCUT2D eigenvalue weighted by Crippen LogP contribution is -2.44. The molecule has 1 saturated carbocycles. The summed E-state index contributed by atoms with van der Waals surface area (Å²) in [6.07, 6.45) is 2.74. The Hall–Kier alpha value is -4.53. The molecule has 5 rings (SSSR count). The highest BCUT2D eigenvalue weighted by atomic mass is 35.5. The van der Waals surface area contributed by atoms with Crippen molar-refractivity contribution in [3.63, 3.8) is 0 Å². The van der Waals surface area contributed by atoms with Crippen molar-refractivity contribution in [2.75, 3.05) is 17.3 Å². The molecule has 1 amide bonds. The van der Waals surface area contributed by atoms with Crippen molar-refractivity contribution in [3.05, 3.63) is 53.7 Å². The van der Waals surface area contributed by atoms with E-state index in [1.165, 1.54) is 24.4 Å². The average molecular weight is 590 g/mol. The highest BCUT2D eigenvalue weighted by Crippen LogP contribution is 2.38. The number of anilines is 2. The summed E-state index contributed by atoms with van der Waals surface area (Å²) < 4.78 is 45.7. The van der Waals surface area contributed by atoms with Crippen molar-refractivity contribution in [2.45, 2.75) is 43.9 Å². The number of H-pyrrole nitrogens is 1. The van der Waals surface area contributed by atoms with E-state index in [1.54, 1.807) is 24.5 Å². The van der Waals surface area contributed by atoms with E-state index in [-0.39, 0.29) is 40.6 Å². The number of methoxy groups -OCH3 is 1. The minimum atomic E-state index is -4.71. The Morgan fingerprint density at radius 3 is 2.44 bits per heavy atom. The molecular formula is C25H23ClF3N9O3. The third kappa shape index (κ3) is 6.14. The molecule has 4 aromatic heterocycles. The van der Waals surface area contributed by atoms with Crippen molar-refractivity contribution in [1.82, 2.24) is 35.1 Å². The molecule has 0 bridgehead atoms. The van der Waals surface area contributed by atoms with Crippen LogP contribution in [-0.4, -0.2) is 65.5 Å². The number of carbonyl (C=O) groups is 1. The first-order valence-corrected chi connectivity index (χ1v) is 12.8. The van der Waals surface area contributed by atoms with E-state index in [2.05, 4.69) is 40.4 Å². The van der Waals surface area contributed by atoms with Crippen molar-refractivity contribution >= 4 is 29.5 Å². The summed E-state index contributed by atoms with van der Waals surface area (Å²) in [5.74, 6) is 0.246. The maximum Gasteiger partial charge on any atom is 0.420 e. The third-order valence-electron chi connectivity index (χ3n) is 6.65. The Kier molecular flexibility index (Phi) is 7.88. The van der Waals surface area contributed by atoms with E-state index >= 15 is 0 Å². The molecule has 0 saturated heterocycles. The first-order valence-electron chi connectivity index (χ1n) is 12.4. The summed E-state index contributed by atoms with van der Waals surface area (Å²) >= 11 is 6.01. The Balaban J connectivity index is 1.30. The number of hydrogen-bond donors (Lipinski definition) is 3. The number of pyridine rings is 1. The molecular weight excluding hydrogens is 567 g/mol. The third-order valence-corrected chi connectivity index (χ3v) is 6.94. The molecule has 1 aliphatic rings. The van der Waals surface area contributed by atoms with Crippen molar-refractivity contribution in [2.24, 2.45) is 0 Å². The zero-order chi connectivity index (χ0) is 29.1. The molecule has 0 atom stereocenters. The fourth-order valence-corrected chi connectivity index (χ4v) is 4.86. The molecule has 0 aliphatic heterocycles. The van der Waals surface area contributed by atoms with Crippen molar-refractivity contribution in [1.29, 1.82) is 0 Å². The van der Waals surface area contributed by atoms with Gasteiger partial charge >= 0.3 is 18.3 Å². The van der Waals surface area contributed by atoms with Gasteiger partial charge in [0.1, 0.15) is 22.8 Å². The van der Waals surface area contributed by atoms with E-state index in [0.717, 1.165) is 0 Å². The summed E-state index contributed by atoms with van der Waals surface area (Å²) in [4.78, 5) is 33.9. The van der Waals surface area contributed by atoms with Gasteiger partial charge in [-0.05, 0) is 43.4 Å². The summed E-state index contributed by atoms with van der Waals surface area (Å²) in [5, 5.41) is 19.3. The Labute approximate surface area is 236 Å². The number of amides is 1. The lowest BCUT2D eigenvalue weighted by atomic mass is 9.90. The van der Waals surface area contributed by atoms with E-state index in [9.17, 15) is 23.1 Å². The van der Waals surface area contributed by atoms with Crippen LogP contribution in [0.1, 0.15) is 31.2 Å². The van der Waals surface area contributed by atoms with E-state index < -0.39 is 23.5 Å². The van der Waals surface area contributed by atoms with Gasteiger partial charge in [-0.1, -0.05) is 11.6 Å². The van der Waals surface area contributed by atoms with Crippen LogP contribution >= 0.6 is 11.6 Å². The van der Waals surface area contributed by atoms with Crippen LogP contribution in [0.5, 0.6) is 6.01 Å². The summed E-state index contributed by atoms with van der Waals surface area (Å²) in [7, 11) is 1.46. The van der Waals surface area contributed by atoms with Crippen LogP contribution in [0.15, 0.2) is 43.1 Å². The molecule has 16 heteroatoms. The quantitative estimate of drug-likeness (QED) is 0.258. The fraction of sp³-hybridized carbons (Fsp3) is 0.320. The highest BCUT2D eigenvalue weighted by molar-refractivity contribution is 6.32. The maximum atomic E-state index is 13.6. The van der Waals surface area contributed by atoms with Crippen LogP contribution in [0.3, 0.4) is 0 Å². The van der Waals surface area contributed by atoms with Gasteiger partial charge in [0, 0.05) is 48.6 Å². The predicted molar refractivity (Wildman–Crippen MR) is 142 cm³/mol. The van der Waals surface area contributed by atoms with Gasteiger partial charge in [0.15, 0.2) is 0 Å². The molecule has 0 unspecified atom stereocenters. The molecule has 214 valence electrons. The molecule has 1 fully saturated rings. The normalized spacial score (nSPS) is 17.2. The molecule has 0 aromatic carbocycles. The van der Waals surface area contributed by atoms with Crippen LogP contribution in [0.25, 0.3) is 22.5 Å². The smallest absolute Gasteiger partial charge is 0.420 e. The van der Waals surface area contributed by atoms with Crippen molar-refractivity contribution in [3.8, 4) is 28.5 Å². The number of carboxylic acid groups (broad SMARTS) is 1. The Morgan fingerprint density at radius 2 is 1.83 bits per heavy atom. The predicted octanol–water partition coefficient (Wildman–Crippen LogP) is 5.31. The van der Waals surface area contributed by atoms with Gasteiger partial charge in [-0.15, -0.1) is 0 Å². The van der Waals surface area contributed by atoms with Gasteiger partial charge in [0.05, 0.1) is 12.1 Å². The number of nitrogens with zero attached hydrogens (tertiary/aromatic N) is 7. The zero-order valence-corrected chi connectivity index (χ0v) is 22.2. The van der Waals surface area contributed by atoms with E-state index in [0.29, 0.717) is 43.0 Å². The van der Waals surface area contributed by atoms with Crippen LogP contribution < -0.4 is 15.0 Å². The standard InChI is InChI=1S/C25H23ClF3N9O3/c1-41-23-32-9-14(10-33-23)13-6-7-30-19(8-13)38(24(39)40)16-4-2-15(3-5-16)35-22-31-11-17(25(27,28)29)20(36-22)21-18(26)12-34-37-21/h6-12,15-16H,2-5H2,1H3,(H,34,37)(H,39,40)(H,31,35,36)/t15-,16-. The second kappa shape index (κ2) is 11.5. The molecule has 12 nitrogen and oxygen atoms in total. The summed E-state index contributed by atoms with van der Waals surface area (Å²) in [6.45, 7) is 0. The number of aromatic nitrogens is 7. The molecule has 41 heavy (non-hydrogen) atoms. The van der Waals surface area contributed by atoms with Crippen LogP contribution in [-0.2, 0) is 6.18 Å². The number of hydrogen-bond acceptors (Lipinski definition) is 9. The van der Waals surface area contributed by atoms with E-state index in [1.807, 2.05) is 0 Å². The van der Waals surface area contributed by atoms with E-state index in [4.69, 9.17) is 16.3 Å². The molecule has 1 aliphatic carbocycles. The zero-order valence-electron chi connectivity index (χ0n) is 21.4. The molecule has 0 radical (unpaired) electrons. The SMILES string of the molecule is COc1ncc(-c2ccnc(N(C(=O)O)[C@H]3CC[C@H](Nc4ncc(C(F)(F)F)c(-c5n[nH]cc5Cl)n4)CC3)c2)cn1. The first kappa shape index (κ1) is 28.0. The molecule has 4 aromatic rings. The number of halogens is 4. The minimum Gasteiger partial charge on any atom is -0.467 e.